The van der Waals surface area contributed by atoms with Crippen molar-refractivity contribution in [2.45, 2.75) is 11.4 Å². The first-order valence-electron chi connectivity index (χ1n) is 4.83. The van der Waals surface area contributed by atoms with Crippen LogP contribution in [0.5, 0.6) is 0 Å². The molecule has 82 valence electrons. The molecule has 1 amide bonds. The number of carbonyl (C=O) groups excluding carboxylic acids is 2. The number of thioether (sulfide) groups is 1. The van der Waals surface area contributed by atoms with E-state index in [-0.39, 0.29) is 5.37 Å². The minimum Gasteiger partial charge on any atom is -0.374 e. The molecule has 6 heteroatoms. The molecule has 2 aliphatic rings. The highest BCUT2D eigenvalue weighted by Gasteiger charge is 2.50. The SMILES string of the molecule is O=C1OC(=O)N2C(c3cccnc3)SC[C@@H]12. The van der Waals surface area contributed by atoms with Crippen LogP contribution >= 0.6 is 11.8 Å². The number of ether oxygens (including phenoxy) is 1. The highest BCUT2D eigenvalue weighted by Crippen LogP contribution is 2.43. The number of carbonyl (C=O) groups is 2. The zero-order valence-electron chi connectivity index (χ0n) is 8.20. The normalized spacial score (nSPS) is 28.1. The maximum Gasteiger partial charge on any atom is 0.419 e. The maximum atomic E-state index is 11.5. The predicted molar refractivity (Wildman–Crippen MR) is 56.6 cm³/mol. The van der Waals surface area contributed by atoms with Gasteiger partial charge in [-0.15, -0.1) is 11.8 Å². The molecule has 1 aromatic heterocycles. The number of pyridine rings is 1. The van der Waals surface area contributed by atoms with E-state index >= 15 is 0 Å². The zero-order chi connectivity index (χ0) is 11.1. The largest absolute Gasteiger partial charge is 0.419 e. The van der Waals surface area contributed by atoms with Gasteiger partial charge in [0.2, 0.25) is 0 Å². The monoisotopic (exact) mass is 236 g/mol. The van der Waals surface area contributed by atoms with Crippen LogP contribution in [0.4, 0.5) is 4.79 Å². The summed E-state index contributed by atoms with van der Waals surface area (Å²) in [5, 5.41) is -0.155. The van der Waals surface area contributed by atoms with Crippen molar-refractivity contribution in [1.82, 2.24) is 9.88 Å². The van der Waals surface area contributed by atoms with Gasteiger partial charge in [0.05, 0.1) is 0 Å². The summed E-state index contributed by atoms with van der Waals surface area (Å²) in [7, 11) is 0. The van der Waals surface area contributed by atoms with Crippen LogP contribution in [0.15, 0.2) is 24.5 Å². The van der Waals surface area contributed by atoms with Crippen molar-refractivity contribution in [2.75, 3.05) is 5.75 Å². The summed E-state index contributed by atoms with van der Waals surface area (Å²) in [5.41, 5.74) is 0.918. The fraction of sp³-hybridized carbons (Fsp3) is 0.300. The molecule has 0 N–H and O–H groups in total. The third-order valence-corrected chi connectivity index (χ3v) is 3.96. The quantitative estimate of drug-likeness (QED) is 0.541. The van der Waals surface area contributed by atoms with Gasteiger partial charge in [0, 0.05) is 23.7 Å². The number of rotatable bonds is 1. The smallest absolute Gasteiger partial charge is 0.374 e. The number of cyclic esters (lactones) is 2. The second-order valence-corrected chi connectivity index (χ2v) is 4.70. The van der Waals surface area contributed by atoms with E-state index in [1.165, 1.54) is 4.90 Å². The molecule has 0 saturated carbocycles. The first-order valence-corrected chi connectivity index (χ1v) is 5.88. The lowest BCUT2D eigenvalue weighted by Gasteiger charge is -2.19. The van der Waals surface area contributed by atoms with Gasteiger partial charge in [-0.3, -0.25) is 9.88 Å². The molecule has 0 radical (unpaired) electrons. The van der Waals surface area contributed by atoms with Crippen molar-refractivity contribution in [1.29, 1.82) is 0 Å². The Balaban J connectivity index is 1.94. The van der Waals surface area contributed by atoms with Gasteiger partial charge < -0.3 is 4.74 Å². The van der Waals surface area contributed by atoms with Gasteiger partial charge in [0.1, 0.15) is 11.4 Å². The Bertz CT molecular complexity index is 451. The molecule has 0 bridgehead atoms. The zero-order valence-corrected chi connectivity index (χ0v) is 9.02. The van der Waals surface area contributed by atoms with Crippen LogP contribution in [0.25, 0.3) is 0 Å². The molecule has 5 nitrogen and oxygen atoms in total. The summed E-state index contributed by atoms with van der Waals surface area (Å²) >= 11 is 1.56. The van der Waals surface area contributed by atoms with E-state index in [1.54, 1.807) is 24.2 Å². The summed E-state index contributed by atoms with van der Waals surface area (Å²) in [5.74, 6) is 0.147. The Kier molecular flexibility index (Phi) is 2.10. The van der Waals surface area contributed by atoms with Gasteiger partial charge in [-0.25, -0.2) is 9.59 Å². The van der Waals surface area contributed by atoms with Gasteiger partial charge in [0.15, 0.2) is 0 Å². The van der Waals surface area contributed by atoms with Gasteiger partial charge in [-0.1, -0.05) is 6.07 Å². The Morgan fingerprint density at radius 2 is 2.38 bits per heavy atom. The third-order valence-electron chi connectivity index (χ3n) is 2.64. The van der Waals surface area contributed by atoms with Crippen molar-refractivity contribution in [3.63, 3.8) is 0 Å². The predicted octanol–water partition coefficient (Wildman–Crippen LogP) is 1.17. The van der Waals surface area contributed by atoms with Gasteiger partial charge in [-0.05, 0) is 6.07 Å². The van der Waals surface area contributed by atoms with Crippen LogP contribution in [0, 0.1) is 0 Å². The van der Waals surface area contributed by atoms with Gasteiger partial charge >= 0.3 is 12.1 Å². The number of hydrogen-bond donors (Lipinski definition) is 0. The molecule has 0 spiro atoms. The average Bonchev–Trinajstić information content (AvgIpc) is 2.84. The maximum absolute atomic E-state index is 11.5. The van der Waals surface area contributed by atoms with Crippen molar-refractivity contribution in [3.05, 3.63) is 30.1 Å². The van der Waals surface area contributed by atoms with E-state index < -0.39 is 18.1 Å². The minimum absolute atomic E-state index is 0.155. The van der Waals surface area contributed by atoms with Crippen LogP contribution in [-0.4, -0.2) is 33.7 Å². The highest BCUT2D eigenvalue weighted by atomic mass is 32.2. The van der Waals surface area contributed by atoms with E-state index in [9.17, 15) is 9.59 Å². The second-order valence-electron chi connectivity index (χ2n) is 3.58. The molecular formula is C10H8N2O3S. The summed E-state index contributed by atoms with van der Waals surface area (Å²) in [4.78, 5) is 28.3. The lowest BCUT2D eigenvalue weighted by molar-refractivity contribution is -0.135. The van der Waals surface area contributed by atoms with Crippen LogP contribution in [0.1, 0.15) is 10.9 Å². The molecule has 2 aliphatic heterocycles. The number of fused-ring (bicyclic) bond motifs is 1. The number of hydrogen-bond acceptors (Lipinski definition) is 5. The number of aromatic nitrogens is 1. The van der Waals surface area contributed by atoms with E-state index in [4.69, 9.17) is 0 Å². The van der Waals surface area contributed by atoms with Crippen LogP contribution in [-0.2, 0) is 9.53 Å². The fourth-order valence-electron chi connectivity index (χ4n) is 1.90. The van der Waals surface area contributed by atoms with E-state index in [0.717, 1.165) is 5.56 Å². The highest BCUT2D eigenvalue weighted by molar-refractivity contribution is 7.99. The fourth-order valence-corrected chi connectivity index (χ4v) is 3.28. The number of esters is 1. The van der Waals surface area contributed by atoms with Crippen LogP contribution in [0.2, 0.25) is 0 Å². The van der Waals surface area contributed by atoms with Crippen molar-refractivity contribution >= 4 is 23.8 Å². The summed E-state index contributed by atoms with van der Waals surface area (Å²) in [6.07, 6.45) is 2.83. The number of nitrogens with zero attached hydrogens (tertiary/aromatic N) is 2. The molecule has 2 saturated heterocycles. The van der Waals surface area contributed by atoms with Gasteiger partial charge in [0.25, 0.3) is 0 Å². The Labute approximate surface area is 95.8 Å². The lowest BCUT2D eigenvalue weighted by atomic mass is 10.2. The molecular weight excluding hydrogens is 228 g/mol. The Hall–Kier alpha value is -1.56. The average molecular weight is 236 g/mol. The van der Waals surface area contributed by atoms with Crippen LogP contribution < -0.4 is 0 Å². The van der Waals surface area contributed by atoms with Crippen molar-refractivity contribution < 1.29 is 14.3 Å². The molecule has 16 heavy (non-hydrogen) atoms. The summed E-state index contributed by atoms with van der Waals surface area (Å²) in [6, 6.07) is 3.28. The van der Waals surface area contributed by atoms with Crippen molar-refractivity contribution in [3.8, 4) is 0 Å². The molecule has 0 aromatic carbocycles. The standard InChI is InChI=1S/C10H8N2O3S/c13-9-7-5-16-8(12(7)10(14)15-9)6-2-1-3-11-4-6/h1-4,7-8H,5H2/t7-,8?/m0/s1. The van der Waals surface area contributed by atoms with Crippen LogP contribution in [0.3, 0.4) is 0 Å². The number of amides is 1. The minimum atomic E-state index is -0.547. The topological polar surface area (TPSA) is 59.5 Å². The molecule has 1 aromatic rings. The molecule has 2 fully saturated rings. The molecule has 0 aliphatic carbocycles. The van der Waals surface area contributed by atoms with Crippen molar-refractivity contribution in [2.24, 2.45) is 0 Å². The molecule has 3 rings (SSSR count). The third kappa shape index (κ3) is 1.30. The summed E-state index contributed by atoms with van der Waals surface area (Å²) in [6.45, 7) is 0. The first-order chi connectivity index (χ1) is 7.77. The first kappa shape index (κ1) is 9.65. The Morgan fingerprint density at radius 3 is 3.12 bits per heavy atom. The summed E-state index contributed by atoms with van der Waals surface area (Å²) < 4.78 is 4.59. The van der Waals surface area contributed by atoms with E-state index in [2.05, 4.69) is 9.72 Å². The lowest BCUT2D eigenvalue weighted by Crippen LogP contribution is -2.32. The second kappa shape index (κ2) is 3.48. The van der Waals surface area contributed by atoms with E-state index in [1.807, 2.05) is 12.1 Å². The molecule has 2 atom stereocenters. The van der Waals surface area contributed by atoms with Gasteiger partial charge in [-0.2, -0.15) is 0 Å². The molecule has 3 heterocycles. The Morgan fingerprint density at radius 1 is 1.50 bits per heavy atom. The molecule has 1 unspecified atom stereocenters. The van der Waals surface area contributed by atoms with E-state index in [0.29, 0.717) is 5.75 Å².